The molecule has 0 fully saturated rings. The summed E-state index contributed by atoms with van der Waals surface area (Å²) in [5, 5.41) is 3.27. The van der Waals surface area contributed by atoms with Crippen molar-refractivity contribution in [1.29, 1.82) is 0 Å². The molecule has 2 rings (SSSR count). The molecule has 0 saturated heterocycles. The van der Waals surface area contributed by atoms with Crippen molar-refractivity contribution < 1.29 is 9.53 Å². The summed E-state index contributed by atoms with van der Waals surface area (Å²) in [6, 6.07) is 10.0. The molecule has 0 amide bonds. The zero-order valence-corrected chi connectivity index (χ0v) is 16.3. The molecule has 0 radical (unpaired) electrons. The summed E-state index contributed by atoms with van der Waals surface area (Å²) in [6.07, 6.45) is 0.887. The lowest BCUT2D eigenvalue weighted by atomic mass is 10.1. The highest BCUT2D eigenvalue weighted by atomic mass is 16.5. The maximum Gasteiger partial charge on any atom is 0.178 e. The number of benzene rings is 1. The largest absolute Gasteiger partial charge is 0.497 e. The van der Waals surface area contributed by atoms with E-state index in [-0.39, 0.29) is 11.3 Å². The van der Waals surface area contributed by atoms with E-state index in [1.807, 2.05) is 25.1 Å². The minimum absolute atomic E-state index is 0.0194. The SMILES string of the molecule is COc1ccc(CCNCC(=O)c2cc(C)n(C(C)(C)C)c2C)cc1. The van der Waals surface area contributed by atoms with Crippen molar-refractivity contribution in [3.8, 4) is 5.75 Å². The van der Waals surface area contributed by atoms with Crippen LogP contribution in [0.4, 0.5) is 0 Å². The topological polar surface area (TPSA) is 43.3 Å². The molecule has 0 aliphatic rings. The van der Waals surface area contributed by atoms with E-state index >= 15 is 0 Å². The number of rotatable bonds is 7. The number of aromatic nitrogens is 1. The second kappa shape index (κ2) is 7.87. The zero-order valence-electron chi connectivity index (χ0n) is 16.3. The van der Waals surface area contributed by atoms with Gasteiger partial charge in [-0.1, -0.05) is 12.1 Å². The highest BCUT2D eigenvalue weighted by Gasteiger charge is 2.22. The fraction of sp³-hybridized carbons (Fsp3) is 0.476. The standard InChI is InChI=1S/C21H30N2O2/c1-15-13-19(16(2)23(15)21(3,4)5)20(24)14-22-12-11-17-7-9-18(25-6)10-8-17/h7-10,13,22H,11-12,14H2,1-6H3. The van der Waals surface area contributed by atoms with E-state index in [1.165, 1.54) is 5.56 Å². The summed E-state index contributed by atoms with van der Waals surface area (Å²) in [4.78, 5) is 12.6. The molecular weight excluding hydrogens is 312 g/mol. The molecule has 4 nitrogen and oxygen atoms in total. The lowest BCUT2D eigenvalue weighted by Gasteiger charge is -2.25. The van der Waals surface area contributed by atoms with Crippen LogP contribution >= 0.6 is 0 Å². The summed E-state index contributed by atoms with van der Waals surface area (Å²) in [5.74, 6) is 1.01. The molecule has 0 atom stereocenters. The van der Waals surface area contributed by atoms with Gasteiger partial charge in [-0.2, -0.15) is 0 Å². The maximum absolute atomic E-state index is 12.6. The number of Topliss-reactive ketones (excluding diaryl/α,β-unsaturated/α-hetero) is 1. The number of nitrogens with one attached hydrogen (secondary N) is 1. The Morgan fingerprint density at radius 2 is 1.80 bits per heavy atom. The Labute approximate surface area is 151 Å². The Morgan fingerprint density at radius 1 is 1.16 bits per heavy atom. The summed E-state index contributed by atoms with van der Waals surface area (Å²) >= 11 is 0. The van der Waals surface area contributed by atoms with Gasteiger partial charge in [-0.15, -0.1) is 0 Å². The Bertz CT molecular complexity index is 722. The number of hydrogen-bond acceptors (Lipinski definition) is 3. The van der Waals surface area contributed by atoms with Gasteiger partial charge >= 0.3 is 0 Å². The molecule has 2 aromatic rings. The van der Waals surface area contributed by atoms with Crippen molar-refractivity contribution in [2.24, 2.45) is 0 Å². The second-order valence-corrected chi connectivity index (χ2v) is 7.49. The third kappa shape index (κ3) is 4.73. The monoisotopic (exact) mass is 342 g/mol. The smallest absolute Gasteiger partial charge is 0.178 e. The first-order valence-corrected chi connectivity index (χ1v) is 8.80. The van der Waals surface area contributed by atoms with Gasteiger partial charge in [0.1, 0.15) is 5.75 Å². The van der Waals surface area contributed by atoms with Crippen LogP contribution in [0.25, 0.3) is 0 Å². The van der Waals surface area contributed by atoms with Crippen molar-refractivity contribution in [2.75, 3.05) is 20.2 Å². The zero-order chi connectivity index (χ0) is 18.6. The summed E-state index contributed by atoms with van der Waals surface area (Å²) in [7, 11) is 1.67. The Morgan fingerprint density at radius 3 is 2.32 bits per heavy atom. The minimum Gasteiger partial charge on any atom is -0.497 e. The van der Waals surface area contributed by atoms with Crippen molar-refractivity contribution >= 4 is 5.78 Å². The summed E-state index contributed by atoms with van der Waals surface area (Å²) in [5.41, 5.74) is 4.21. The van der Waals surface area contributed by atoms with Gasteiger partial charge < -0.3 is 14.6 Å². The van der Waals surface area contributed by atoms with Gasteiger partial charge in [0.25, 0.3) is 0 Å². The third-order valence-electron chi connectivity index (χ3n) is 4.44. The predicted octanol–water partition coefficient (Wildman–Crippen LogP) is 3.88. The molecule has 25 heavy (non-hydrogen) atoms. The van der Waals surface area contributed by atoms with Crippen LogP contribution in [-0.4, -0.2) is 30.5 Å². The molecule has 0 spiro atoms. The second-order valence-electron chi connectivity index (χ2n) is 7.49. The van der Waals surface area contributed by atoms with E-state index in [4.69, 9.17) is 4.74 Å². The minimum atomic E-state index is -0.0194. The number of carbonyl (C=O) groups is 1. The Kier molecular flexibility index (Phi) is 6.07. The first-order chi connectivity index (χ1) is 11.7. The van der Waals surface area contributed by atoms with Crippen molar-refractivity contribution in [1.82, 2.24) is 9.88 Å². The summed E-state index contributed by atoms with van der Waals surface area (Å²) < 4.78 is 7.39. The number of methoxy groups -OCH3 is 1. The van der Waals surface area contributed by atoms with Crippen molar-refractivity contribution in [2.45, 2.75) is 46.6 Å². The van der Waals surface area contributed by atoms with E-state index in [0.717, 1.165) is 35.7 Å². The number of carbonyl (C=O) groups excluding carboxylic acids is 1. The van der Waals surface area contributed by atoms with E-state index in [9.17, 15) is 4.79 Å². The van der Waals surface area contributed by atoms with Crippen LogP contribution in [0, 0.1) is 13.8 Å². The van der Waals surface area contributed by atoms with E-state index in [1.54, 1.807) is 7.11 Å². The van der Waals surface area contributed by atoms with E-state index in [0.29, 0.717) is 6.54 Å². The molecule has 1 N–H and O–H groups in total. The first kappa shape index (κ1) is 19.3. The predicted molar refractivity (Wildman–Crippen MR) is 103 cm³/mol. The molecule has 0 bridgehead atoms. The molecule has 0 aliphatic carbocycles. The fourth-order valence-electron chi connectivity index (χ4n) is 3.40. The van der Waals surface area contributed by atoms with Crippen LogP contribution in [0.2, 0.25) is 0 Å². The van der Waals surface area contributed by atoms with E-state index < -0.39 is 0 Å². The van der Waals surface area contributed by atoms with Crippen LogP contribution in [-0.2, 0) is 12.0 Å². The fourth-order valence-corrected chi connectivity index (χ4v) is 3.40. The Hall–Kier alpha value is -2.07. The number of ether oxygens (including phenoxy) is 1. The maximum atomic E-state index is 12.6. The number of nitrogens with zero attached hydrogens (tertiary/aromatic N) is 1. The van der Waals surface area contributed by atoms with Crippen molar-refractivity contribution in [3.05, 3.63) is 52.8 Å². The highest BCUT2D eigenvalue weighted by molar-refractivity contribution is 5.99. The average Bonchev–Trinajstić information content (AvgIpc) is 2.86. The van der Waals surface area contributed by atoms with Gasteiger partial charge in [0.2, 0.25) is 0 Å². The first-order valence-electron chi connectivity index (χ1n) is 8.80. The van der Waals surface area contributed by atoms with Crippen molar-refractivity contribution in [3.63, 3.8) is 0 Å². The number of ketones is 1. The van der Waals surface area contributed by atoms with Crippen LogP contribution in [0.1, 0.15) is 48.1 Å². The van der Waals surface area contributed by atoms with Crippen LogP contribution < -0.4 is 10.1 Å². The van der Waals surface area contributed by atoms with Gasteiger partial charge in [-0.05, 0) is 71.3 Å². The van der Waals surface area contributed by atoms with Crippen LogP contribution in [0.15, 0.2) is 30.3 Å². The van der Waals surface area contributed by atoms with Crippen LogP contribution in [0.3, 0.4) is 0 Å². The van der Waals surface area contributed by atoms with Crippen LogP contribution in [0.5, 0.6) is 5.75 Å². The van der Waals surface area contributed by atoms with E-state index in [2.05, 4.69) is 49.7 Å². The molecule has 1 heterocycles. The van der Waals surface area contributed by atoms with Gasteiger partial charge in [-0.3, -0.25) is 4.79 Å². The van der Waals surface area contributed by atoms with Gasteiger partial charge in [0.05, 0.1) is 13.7 Å². The number of aryl methyl sites for hydroxylation is 1. The molecule has 0 aliphatic heterocycles. The van der Waals surface area contributed by atoms with Gasteiger partial charge in [0, 0.05) is 22.5 Å². The lowest BCUT2D eigenvalue weighted by molar-refractivity contribution is 0.0990. The third-order valence-corrected chi connectivity index (χ3v) is 4.44. The molecule has 0 saturated carbocycles. The normalized spacial score (nSPS) is 11.6. The number of hydrogen-bond donors (Lipinski definition) is 1. The Balaban J connectivity index is 1.90. The molecule has 136 valence electrons. The molecule has 0 unspecified atom stereocenters. The molecule has 1 aromatic heterocycles. The highest BCUT2D eigenvalue weighted by Crippen LogP contribution is 2.24. The lowest BCUT2D eigenvalue weighted by Crippen LogP contribution is -2.27. The van der Waals surface area contributed by atoms with Gasteiger partial charge in [0.15, 0.2) is 5.78 Å². The summed E-state index contributed by atoms with van der Waals surface area (Å²) in [6.45, 7) is 11.7. The molecule has 1 aromatic carbocycles. The van der Waals surface area contributed by atoms with Gasteiger partial charge in [-0.25, -0.2) is 0 Å². The molecule has 4 heteroatoms. The quantitative estimate of drug-likeness (QED) is 0.613. The molecular formula is C21H30N2O2. The average molecular weight is 342 g/mol.